The SMILES string of the molecule is CC(=O)N[C@@H](CC(N)=O)C(=O)N[C@@H](CC(=O)OCc1ccccc1)C(=O)N[C@@H](CC(C)C)C(=O)N[C@@H](C)C(=O)C(F)(F)F. The number of benzene rings is 1. The summed E-state index contributed by atoms with van der Waals surface area (Å²) in [4.78, 5) is 86.1. The van der Waals surface area contributed by atoms with Crippen molar-refractivity contribution in [1.29, 1.82) is 0 Å². The van der Waals surface area contributed by atoms with Crippen molar-refractivity contribution in [3.63, 3.8) is 0 Å². The van der Waals surface area contributed by atoms with Gasteiger partial charge in [0.15, 0.2) is 0 Å². The Bertz CT molecular complexity index is 1160. The quantitative estimate of drug-likeness (QED) is 0.162. The maximum Gasteiger partial charge on any atom is 0.452 e. The number of Topliss-reactive ketones (excluding diaryl/α,β-unsaturated/α-hetero) is 1. The second kappa shape index (κ2) is 16.8. The summed E-state index contributed by atoms with van der Waals surface area (Å²) in [5.74, 6) is -8.42. The molecule has 0 saturated carbocycles. The van der Waals surface area contributed by atoms with Gasteiger partial charge in [-0.3, -0.25) is 33.6 Å². The molecule has 1 aromatic rings. The molecule has 238 valence electrons. The van der Waals surface area contributed by atoms with Crippen molar-refractivity contribution < 1.29 is 51.5 Å². The number of hydrogen-bond acceptors (Lipinski definition) is 8. The Morgan fingerprint density at radius 2 is 1.30 bits per heavy atom. The molecule has 0 fully saturated rings. The second-order valence-electron chi connectivity index (χ2n) is 10.1. The molecule has 0 aliphatic heterocycles. The topological polar surface area (TPSA) is 203 Å². The summed E-state index contributed by atoms with van der Waals surface area (Å²) in [6.45, 7) is 5.01. The first-order valence-corrected chi connectivity index (χ1v) is 13.2. The van der Waals surface area contributed by atoms with E-state index in [0.717, 1.165) is 13.8 Å². The molecule has 1 rings (SSSR count). The predicted octanol–water partition coefficient (Wildman–Crippen LogP) is 0.152. The minimum absolute atomic E-state index is 0.0974. The van der Waals surface area contributed by atoms with Gasteiger partial charge in [-0.15, -0.1) is 0 Å². The van der Waals surface area contributed by atoms with Crippen LogP contribution in [-0.2, 0) is 44.9 Å². The first kappa shape index (κ1) is 36.5. The van der Waals surface area contributed by atoms with Crippen LogP contribution in [0, 0.1) is 5.92 Å². The number of alkyl halides is 3. The molecular weight excluding hydrogens is 579 g/mol. The Hall–Kier alpha value is -4.50. The van der Waals surface area contributed by atoms with Crippen LogP contribution >= 0.6 is 0 Å². The van der Waals surface area contributed by atoms with Crippen LogP contribution in [0.15, 0.2) is 30.3 Å². The van der Waals surface area contributed by atoms with E-state index in [9.17, 15) is 46.7 Å². The van der Waals surface area contributed by atoms with E-state index in [1.54, 1.807) is 44.2 Å². The third kappa shape index (κ3) is 13.8. The van der Waals surface area contributed by atoms with E-state index in [2.05, 4.69) is 16.0 Å². The van der Waals surface area contributed by atoms with Gasteiger partial charge in [0.2, 0.25) is 29.5 Å². The number of halogens is 3. The van der Waals surface area contributed by atoms with Crippen LogP contribution < -0.4 is 27.0 Å². The molecule has 0 saturated heterocycles. The number of carbonyl (C=O) groups excluding carboxylic acids is 7. The lowest BCUT2D eigenvalue weighted by Crippen LogP contribution is -2.58. The van der Waals surface area contributed by atoms with Crippen molar-refractivity contribution in [3.8, 4) is 0 Å². The number of nitrogens with one attached hydrogen (secondary N) is 4. The molecular formula is C27H36F3N5O8. The zero-order chi connectivity index (χ0) is 32.9. The van der Waals surface area contributed by atoms with Crippen LogP contribution in [0.4, 0.5) is 13.2 Å². The Morgan fingerprint density at radius 3 is 1.79 bits per heavy atom. The zero-order valence-corrected chi connectivity index (χ0v) is 24.1. The van der Waals surface area contributed by atoms with Crippen molar-refractivity contribution in [2.24, 2.45) is 11.7 Å². The first-order chi connectivity index (χ1) is 19.9. The van der Waals surface area contributed by atoms with Gasteiger partial charge in [0, 0.05) is 6.92 Å². The number of rotatable bonds is 16. The van der Waals surface area contributed by atoms with E-state index in [0.29, 0.717) is 5.56 Å². The van der Waals surface area contributed by atoms with Crippen molar-refractivity contribution in [2.45, 2.75) is 83.9 Å². The summed E-state index contributed by atoms with van der Waals surface area (Å²) >= 11 is 0. The van der Waals surface area contributed by atoms with E-state index in [1.807, 2.05) is 5.32 Å². The molecule has 0 aliphatic rings. The lowest BCUT2D eigenvalue weighted by atomic mass is 10.0. The van der Waals surface area contributed by atoms with Crippen LogP contribution in [0.5, 0.6) is 0 Å². The summed E-state index contributed by atoms with van der Waals surface area (Å²) < 4.78 is 43.6. The maximum atomic E-state index is 13.3. The third-order valence-corrected chi connectivity index (χ3v) is 5.72. The lowest BCUT2D eigenvalue weighted by Gasteiger charge is -2.26. The van der Waals surface area contributed by atoms with Gasteiger partial charge in [-0.1, -0.05) is 44.2 Å². The number of esters is 1. The Balaban J connectivity index is 3.20. The first-order valence-electron chi connectivity index (χ1n) is 13.2. The van der Waals surface area contributed by atoms with Gasteiger partial charge in [-0.25, -0.2) is 0 Å². The molecule has 0 spiro atoms. The van der Waals surface area contributed by atoms with Crippen LogP contribution in [-0.4, -0.2) is 71.6 Å². The van der Waals surface area contributed by atoms with Gasteiger partial charge < -0.3 is 31.7 Å². The number of carbonyl (C=O) groups is 7. The molecule has 6 N–H and O–H groups in total. The predicted molar refractivity (Wildman–Crippen MR) is 144 cm³/mol. The van der Waals surface area contributed by atoms with Crippen molar-refractivity contribution in [2.75, 3.05) is 0 Å². The highest BCUT2D eigenvalue weighted by Crippen LogP contribution is 2.18. The molecule has 0 aromatic heterocycles. The normalized spacial score (nSPS) is 14.0. The number of nitrogens with two attached hydrogens (primary N) is 1. The number of primary amides is 1. The number of amides is 5. The fraction of sp³-hybridized carbons (Fsp3) is 0.519. The molecule has 5 amide bonds. The summed E-state index contributed by atoms with van der Waals surface area (Å²) in [5, 5.41) is 8.63. The Kier molecular flexibility index (Phi) is 14.3. The molecule has 4 atom stereocenters. The molecule has 16 heteroatoms. The zero-order valence-electron chi connectivity index (χ0n) is 24.1. The number of hydrogen-bond donors (Lipinski definition) is 5. The van der Waals surface area contributed by atoms with Gasteiger partial charge in [-0.05, 0) is 24.8 Å². The number of ether oxygens (including phenoxy) is 1. The van der Waals surface area contributed by atoms with Gasteiger partial charge in [0.05, 0.1) is 18.9 Å². The van der Waals surface area contributed by atoms with E-state index < -0.39 is 84.5 Å². The minimum Gasteiger partial charge on any atom is -0.461 e. The van der Waals surface area contributed by atoms with Crippen molar-refractivity contribution in [3.05, 3.63) is 35.9 Å². The van der Waals surface area contributed by atoms with Gasteiger partial charge in [0.25, 0.3) is 5.78 Å². The Morgan fingerprint density at radius 1 is 0.791 bits per heavy atom. The molecule has 0 unspecified atom stereocenters. The van der Waals surface area contributed by atoms with E-state index in [1.165, 1.54) is 0 Å². The summed E-state index contributed by atoms with van der Waals surface area (Å²) in [6, 6.07) is 1.78. The van der Waals surface area contributed by atoms with E-state index in [4.69, 9.17) is 10.5 Å². The molecule has 0 aliphatic carbocycles. The summed E-state index contributed by atoms with van der Waals surface area (Å²) in [7, 11) is 0. The highest BCUT2D eigenvalue weighted by atomic mass is 19.4. The van der Waals surface area contributed by atoms with Crippen molar-refractivity contribution >= 4 is 41.3 Å². The van der Waals surface area contributed by atoms with Gasteiger partial charge >= 0.3 is 12.1 Å². The van der Waals surface area contributed by atoms with E-state index in [-0.39, 0.29) is 18.9 Å². The average molecular weight is 616 g/mol. The molecule has 0 radical (unpaired) electrons. The van der Waals surface area contributed by atoms with Crippen LogP contribution in [0.3, 0.4) is 0 Å². The van der Waals surface area contributed by atoms with Gasteiger partial charge in [-0.2, -0.15) is 13.2 Å². The van der Waals surface area contributed by atoms with Gasteiger partial charge in [0.1, 0.15) is 24.7 Å². The monoisotopic (exact) mass is 615 g/mol. The summed E-state index contributed by atoms with van der Waals surface area (Å²) in [5.41, 5.74) is 5.76. The minimum atomic E-state index is -5.21. The van der Waals surface area contributed by atoms with Crippen LogP contribution in [0.25, 0.3) is 0 Å². The fourth-order valence-corrected chi connectivity index (χ4v) is 3.70. The highest BCUT2D eigenvalue weighted by Gasteiger charge is 2.42. The standard InChI is InChI=1S/C27H36F3N5O8/c1-14(2)10-18(24(40)32-15(3)23(39)27(28,29)30)34-26(42)20(12-22(38)43-13-17-8-6-5-7-9-17)35-25(41)19(11-21(31)37)33-16(4)36/h5-9,14-15,18-20H,10-13H2,1-4H3,(H2,31,37)(H,32,40)(H,33,36)(H,34,42)(H,35,41)/t15-,18-,19-,20-/m0/s1. The molecule has 1 aromatic carbocycles. The smallest absolute Gasteiger partial charge is 0.452 e. The lowest BCUT2D eigenvalue weighted by molar-refractivity contribution is -0.173. The van der Waals surface area contributed by atoms with E-state index >= 15 is 0 Å². The molecule has 0 heterocycles. The largest absolute Gasteiger partial charge is 0.461 e. The summed E-state index contributed by atoms with van der Waals surface area (Å²) in [6.07, 6.45) is -6.73. The molecule has 43 heavy (non-hydrogen) atoms. The maximum absolute atomic E-state index is 13.3. The second-order valence-corrected chi connectivity index (χ2v) is 10.1. The van der Waals surface area contributed by atoms with Crippen LogP contribution in [0.1, 0.15) is 52.5 Å². The molecule has 13 nitrogen and oxygen atoms in total. The fourth-order valence-electron chi connectivity index (χ4n) is 3.70. The number of ketones is 1. The highest BCUT2D eigenvalue weighted by molar-refractivity contribution is 5.98. The van der Waals surface area contributed by atoms with Crippen molar-refractivity contribution in [1.82, 2.24) is 21.3 Å². The van der Waals surface area contributed by atoms with Crippen LogP contribution in [0.2, 0.25) is 0 Å². The molecule has 0 bridgehead atoms. The average Bonchev–Trinajstić information content (AvgIpc) is 2.89. The Labute approximate surface area is 245 Å². The third-order valence-electron chi connectivity index (χ3n) is 5.72.